The Morgan fingerprint density at radius 3 is 2.54 bits per heavy atom. The van der Waals surface area contributed by atoms with Gasteiger partial charge in [0.15, 0.2) is 0 Å². The summed E-state index contributed by atoms with van der Waals surface area (Å²) in [5.41, 5.74) is 3.02. The summed E-state index contributed by atoms with van der Waals surface area (Å²) in [6.45, 7) is 8.27. The normalized spacial score (nSPS) is 25.3. The monoisotopic (exact) mass is 384 g/mol. The van der Waals surface area contributed by atoms with Gasteiger partial charge in [-0.25, -0.2) is 4.79 Å². The van der Waals surface area contributed by atoms with Gasteiger partial charge in [-0.1, -0.05) is 18.2 Å². The third-order valence-corrected chi connectivity index (χ3v) is 6.80. The number of methoxy groups -OCH3 is 1. The van der Waals surface area contributed by atoms with Crippen LogP contribution in [0.1, 0.15) is 61.6 Å². The van der Waals surface area contributed by atoms with E-state index in [2.05, 4.69) is 29.8 Å². The fourth-order valence-corrected chi connectivity index (χ4v) is 5.22. The van der Waals surface area contributed by atoms with Gasteiger partial charge in [-0.15, -0.1) is 0 Å². The predicted molar refractivity (Wildman–Crippen MR) is 111 cm³/mol. The number of hydrogen-bond acceptors (Lipinski definition) is 4. The number of fused-ring (bicyclic) bond motifs is 1. The average molecular weight is 385 g/mol. The Labute approximate surface area is 167 Å². The smallest absolute Gasteiger partial charge is 0.340 e. The highest BCUT2D eigenvalue weighted by Crippen LogP contribution is 2.38. The zero-order valence-corrected chi connectivity index (χ0v) is 17.5. The van der Waals surface area contributed by atoms with Crippen LogP contribution in [-0.2, 0) is 9.47 Å². The molecule has 0 radical (unpaired) electrons. The number of benzene rings is 1. The molecule has 1 aliphatic carbocycles. The van der Waals surface area contributed by atoms with Crippen molar-refractivity contribution in [3.8, 4) is 0 Å². The number of aromatic nitrogens is 1. The molecule has 0 bridgehead atoms. The molecule has 5 heteroatoms. The molecular weight excluding hydrogens is 352 g/mol. The van der Waals surface area contributed by atoms with E-state index in [1.54, 1.807) is 0 Å². The van der Waals surface area contributed by atoms with Crippen molar-refractivity contribution >= 4 is 16.9 Å². The maximum Gasteiger partial charge on any atom is 0.340 e. The molecule has 1 saturated carbocycles. The Morgan fingerprint density at radius 2 is 1.93 bits per heavy atom. The number of nitrogens with one attached hydrogen (secondary N) is 1. The van der Waals surface area contributed by atoms with E-state index < -0.39 is 0 Å². The van der Waals surface area contributed by atoms with Gasteiger partial charge >= 0.3 is 5.97 Å². The van der Waals surface area contributed by atoms with Crippen molar-refractivity contribution in [3.05, 3.63) is 35.5 Å². The molecule has 5 nitrogen and oxygen atoms in total. The third kappa shape index (κ3) is 3.35. The van der Waals surface area contributed by atoms with Crippen molar-refractivity contribution in [2.75, 3.05) is 20.3 Å². The van der Waals surface area contributed by atoms with Crippen LogP contribution < -0.4 is 5.32 Å². The number of carbonyl (C=O) groups is 1. The largest absolute Gasteiger partial charge is 0.465 e. The van der Waals surface area contributed by atoms with E-state index in [0.29, 0.717) is 23.6 Å². The molecule has 1 aliphatic heterocycles. The lowest BCUT2D eigenvalue weighted by atomic mass is 9.81. The first-order chi connectivity index (χ1) is 13.4. The molecular formula is C23H32N2O3. The van der Waals surface area contributed by atoms with Crippen molar-refractivity contribution in [2.24, 2.45) is 5.92 Å². The lowest BCUT2D eigenvalue weighted by Gasteiger charge is -2.44. The van der Waals surface area contributed by atoms with Crippen molar-refractivity contribution in [1.29, 1.82) is 0 Å². The Kier molecular flexibility index (Phi) is 5.23. The molecule has 28 heavy (non-hydrogen) atoms. The second kappa shape index (κ2) is 7.53. The van der Waals surface area contributed by atoms with Crippen LogP contribution in [0.3, 0.4) is 0 Å². The minimum Gasteiger partial charge on any atom is -0.465 e. The molecule has 0 amide bonds. The highest BCUT2D eigenvalue weighted by molar-refractivity contribution is 6.05. The fourth-order valence-electron chi connectivity index (χ4n) is 5.22. The van der Waals surface area contributed by atoms with E-state index in [9.17, 15) is 4.79 Å². The van der Waals surface area contributed by atoms with Gasteiger partial charge in [-0.05, 0) is 58.4 Å². The highest BCUT2D eigenvalue weighted by atomic mass is 16.5. The number of ether oxygens (including phenoxy) is 2. The van der Waals surface area contributed by atoms with Gasteiger partial charge in [0.05, 0.1) is 31.4 Å². The lowest BCUT2D eigenvalue weighted by molar-refractivity contribution is -0.0719. The highest BCUT2D eigenvalue weighted by Gasteiger charge is 2.37. The number of esters is 1. The number of nitrogens with zero attached hydrogens (tertiary/aromatic N) is 1. The first-order valence-electron chi connectivity index (χ1n) is 10.5. The lowest BCUT2D eigenvalue weighted by Crippen LogP contribution is -2.61. The zero-order valence-electron chi connectivity index (χ0n) is 17.5. The van der Waals surface area contributed by atoms with Gasteiger partial charge in [-0.3, -0.25) is 0 Å². The van der Waals surface area contributed by atoms with Crippen LogP contribution in [0.2, 0.25) is 0 Å². The molecule has 2 aliphatic rings. The Balaban J connectivity index is 1.54. The summed E-state index contributed by atoms with van der Waals surface area (Å²) in [6.07, 6.45) is 4.81. The zero-order chi connectivity index (χ0) is 19.9. The quantitative estimate of drug-likeness (QED) is 0.784. The SMILES string of the molecule is COC(=O)c1c(C)n([C@H](C)[C@H]2CC[C@H](NC3(C)COC3)CC2)c2ccccc12. The van der Waals surface area contributed by atoms with E-state index >= 15 is 0 Å². The third-order valence-electron chi connectivity index (χ3n) is 6.80. The Hall–Kier alpha value is -1.85. The Bertz CT molecular complexity index is 860. The molecule has 1 atom stereocenters. The molecule has 0 unspecified atom stereocenters. The minimum absolute atomic E-state index is 0.172. The van der Waals surface area contributed by atoms with Crippen LogP contribution in [0.5, 0.6) is 0 Å². The number of para-hydroxylation sites is 1. The molecule has 1 saturated heterocycles. The molecule has 1 aromatic heterocycles. The second-order valence-corrected chi connectivity index (χ2v) is 8.89. The maximum atomic E-state index is 12.4. The molecule has 1 aromatic carbocycles. The maximum absolute atomic E-state index is 12.4. The molecule has 2 aromatic rings. The van der Waals surface area contributed by atoms with E-state index in [1.807, 2.05) is 25.1 Å². The van der Waals surface area contributed by atoms with Crippen molar-refractivity contribution in [3.63, 3.8) is 0 Å². The topological polar surface area (TPSA) is 52.5 Å². The van der Waals surface area contributed by atoms with Crippen LogP contribution in [-0.4, -0.2) is 42.4 Å². The van der Waals surface area contributed by atoms with Crippen molar-refractivity contribution in [1.82, 2.24) is 9.88 Å². The summed E-state index contributed by atoms with van der Waals surface area (Å²) in [4.78, 5) is 12.4. The van der Waals surface area contributed by atoms with Crippen LogP contribution in [0.15, 0.2) is 24.3 Å². The summed E-state index contributed by atoms with van der Waals surface area (Å²) in [5, 5.41) is 4.80. The fraction of sp³-hybridized carbons (Fsp3) is 0.609. The van der Waals surface area contributed by atoms with E-state index in [0.717, 1.165) is 29.8 Å². The number of hydrogen-bond donors (Lipinski definition) is 1. The number of rotatable bonds is 5. The molecule has 4 rings (SSSR count). The average Bonchev–Trinajstić information content (AvgIpc) is 2.98. The summed E-state index contributed by atoms with van der Waals surface area (Å²) < 4.78 is 12.8. The summed E-state index contributed by atoms with van der Waals surface area (Å²) in [7, 11) is 1.46. The Morgan fingerprint density at radius 1 is 1.25 bits per heavy atom. The summed E-state index contributed by atoms with van der Waals surface area (Å²) in [5.74, 6) is 0.368. The molecule has 2 heterocycles. The van der Waals surface area contributed by atoms with E-state index in [1.165, 1.54) is 32.8 Å². The summed E-state index contributed by atoms with van der Waals surface area (Å²) in [6, 6.07) is 9.13. The first kappa shape index (κ1) is 19.5. The van der Waals surface area contributed by atoms with Crippen LogP contribution in [0.4, 0.5) is 0 Å². The van der Waals surface area contributed by atoms with Crippen molar-refractivity contribution in [2.45, 2.75) is 64.1 Å². The second-order valence-electron chi connectivity index (χ2n) is 8.89. The molecule has 152 valence electrons. The van der Waals surface area contributed by atoms with Crippen molar-refractivity contribution < 1.29 is 14.3 Å². The van der Waals surface area contributed by atoms with Gasteiger partial charge in [0.1, 0.15) is 0 Å². The molecule has 1 N–H and O–H groups in total. The van der Waals surface area contributed by atoms with Gasteiger partial charge in [-0.2, -0.15) is 0 Å². The van der Waals surface area contributed by atoms with E-state index in [-0.39, 0.29) is 11.5 Å². The van der Waals surface area contributed by atoms with E-state index in [4.69, 9.17) is 9.47 Å². The van der Waals surface area contributed by atoms with Crippen LogP contribution in [0, 0.1) is 12.8 Å². The van der Waals surface area contributed by atoms with Gasteiger partial charge in [0, 0.05) is 28.7 Å². The van der Waals surface area contributed by atoms with Gasteiger partial charge < -0.3 is 19.4 Å². The molecule has 2 fully saturated rings. The number of carbonyl (C=O) groups excluding carboxylic acids is 1. The van der Waals surface area contributed by atoms with Crippen LogP contribution in [0.25, 0.3) is 10.9 Å². The van der Waals surface area contributed by atoms with Gasteiger partial charge in [0.2, 0.25) is 0 Å². The van der Waals surface area contributed by atoms with Crippen LogP contribution >= 0.6 is 0 Å². The summed E-state index contributed by atoms with van der Waals surface area (Å²) >= 11 is 0. The predicted octanol–water partition coefficient (Wildman–Crippen LogP) is 4.23. The standard InChI is InChI=1S/C23H32N2O3/c1-15(17-9-11-18(12-10-17)24-23(3)13-28-14-23)25-16(2)21(22(26)27-4)19-7-5-6-8-20(19)25/h5-8,15,17-18,24H,9-14H2,1-4H3/t15-,17-,18-/m1/s1. The first-order valence-corrected chi connectivity index (χ1v) is 10.5. The molecule has 0 spiro atoms. The minimum atomic E-state index is -0.247. The van der Waals surface area contributed by atoms with Gasteiger partial charge in [0.25, 0.3) is 0 Å².